The Morgan fingerprint density at radius 3 is 2.29 bits per heavy atom. The van der Waals surface area contributed by atoms with Crippen LogP contribution in [0.3, 0.4) is 0 Å². The largest absolute Gasteiger partial charge is 0.416 e. The van der Waals surface area contributed by atoms with E-state index in [1.54, 1.807) is 12.1 Å². The average molecular weight is 299 g/mol. The van der Waals surface area contributed by atoms with Crippen LogP contribution >= 0.6 is 0 Å². The zero-order valence-electron chi connectivity index (χ0n) is 12.2. The van der Waals surface area contributed by atoms with Gasteiger partial charge in [-0.15, -0.1) is 0 Å². The van der Waals surface area contributed by atoms with Gasteiger partial charge in [-0.2, -0.15) is 13.2 Å². The number of aliphatic imine (C=N–C) groups is 1. The molecule has 0 bridgehead atoms. The molecule has 6 heteroatoms. The van der Waals surface area contributed by atoms with Crippen molar-refractivity contribution in [3.05, 3.63) is 35.4 Å². The fraction of sp³-hybridized carbons (Fsp3) is 0.533. The summed E-state index contributed by atoms with van der Waals surface area (Å²) in [6.45, 7) is 6.28. The minimum atomic E-state index is -4.29. The zero-order chi connectivity index (χ0) is 15.5. The van der Waals surface area contributed by atoms with Crippen molar-refractivity contribution < 1.29 is 13.2 Å². The fourth-order valence-corrected chi connectivity index (χ4v) is 2.17. The van der Waals surface area contributed by atoms with Crippen molar-refractivity contribution >= 4 is 5.96 Å². The highest BCUT2D eigenvalue weighted by molar-refractivity contribution is 5.80. The second kappa shape index (κ2) is 5.95. The Labute approximate surface area is 122 Å². The van der Waals surface area contributed by atoms with Crippen molar-refractivity contribution in [1.82, 2.24) is 10.6 Å². The van der Waals surface area contributed by atoms with Crippen molar-refractivity contribution in [3.8, 4) is 0 Å². The van der Waals surface area contributed by atoms with Crippen LogP contribution in [0.1, 0.15) is 31.4 Å². The normalized spacial score (nSPS) is 16.1. The Kier molecular flexibility index (Phi) is 4.44. The second-order valence-corrected chi connectivity index (χ2v) is 5.82. The maximum absolute atomic E-state index is 12.6. The Morgan fingerprint density at radius 1 is 1.14 bits per heavy atom. The molecule has 1 aromatic rings. The smallest absolute Gasteiger partial charge is 0.356 e. The van der Waals surface area contributed by atoms with Crippen LogP contribution in [0, 0.1) is 0 Å². The van der Waals surface area contributed by atoms with Gasteiger partial charge < -0.3 is 10.6 Å². The van der Waals surface area contributed by atoms with Crippen molar-refractivity contribution in [2.45, 2.75) is 31.9 Å². The van der Waals surface area contributed by atoms with Gasteiger partial charge >= 0.3 is 6.18 Å². The standard InChI is InChI=1S/C15H20F3N3/c1-14(2,10-21-13-19-8-3-9-20-13)11-4-6-12(7-5-11)15(16,17)18/h4-7H,3,8-10H2,1-2H3,(H2,19,20,21). The topological polar surface area (TPSA) is 36.4 Å². The third-order valence-electron chi connectivity index (χ3n) is 3.59. The third-order valence-corrected chi connectivity index (χ3v) is 3.59. The van der Waals surface area contributed by atoms with Gasteiger partial charge in [0.2, 0.25) is 0 Å². The lowest BCUT2D eigenvalue weighted by molar-refractivity contribution is -0.137. The van der Waals surface area contributed by atoms with E-state index in [1.165, 1.54) is 0 Å². The minimum Gasteiger partial charge on any atom is -0.356 e. The van der Waals surface area contributed by atoms with Crippen LogP contribution < -0.4 is 10.6 Å². The van der Waals surface area contributed by atoms with Crippen LogP contribution in [0.15, 0.2) is 29.3 Å². The molecule has 1 heterocycles. The lowest BCUT2D eigenvalue weighted by Crippen LogP contribution is -2.45. The summed E-state index contributed by atoms with van der Waals surface area (Å²) < 4.78 is 37.7. The summed E-state index contributed by atoms with van der Waals surface area (Å²) in [6.07, 6.45) is -3.27. The third kappa shape index (κ3) is 4.12. The van der Waals surface area contributed by atoms with Gasteiger partial charge in [0, 0.05) is 25.0 Å². The number of guanidine groups is 1. The van der Waals surface area contributed by atoms with Crippen LogP contribution in [0.25, 0.3) is 0 Å². The number of benzene rings is 1. The number of nitrogens with one attached hydrogen (secondary N) is 2. The van der Waals surface area contributed by atoms with Crippen LogP contribution in [0.5, 0.6) is 0 Å². The van der Waals surface area contributed by atoms with Crippen LogP contribution in [0.4, 0.5) is 13.2 Å². The number of rotatable bonds is 3. The Bertz CT molecular complexity index is 504. The molecule has 0 fully saturated rings. The van der Waals surface area contributed by atoms with E-state index in [0.29, 0.717) is 6.54 Å². The van der Waals surface area contributed by atoms with Gasteiger partial charge in [-0.25, -0.2) is 0 Å². The highest BCUT2D eigenvalue weighted by Gasteiger charge is 2.31. The molecule has 2 N–H and O–H groups in total. The first kappa shape index (κ1) is 15.7. The molecule has 116 valence electrons. The summed E-state index contributed by atoms with van der Waals surface area (Å²) in [5.41, 5.74) is -0.0427. The molecule has 1 aliphatic rings. The van der Waals surface area contributed by atoms with Gasteiger partial charge in [-0.05, 0) is 24.1 Å². The maximum atomic E-state index is 12.6. The number of alkyl halides is 3. The van der Waals surface area contributed by atoms with Gasteiger partial charge in [0.05, 0.1) is 5.56 Å². The zero-order valence-corrected chi connectivity index (χ0v) is 12.2. The van der Waals surface area contributed by atoms with Gasteiger partial charge in [0.15, 0.2) is 5.96 Å². The quantitative estimate of drug-likeness (QED) is 0.900. The number of nitrogens with zero attached hydrogens (tertiary/aromatic N) is 1. The number of hydrogen-bond acceptors (Lipinski definition) is 3. The first-order valence-electron chi connectivity index (χ1n) is 6.99. The van der Waals surface area contributed by atoms with Crippen molar-refractivity contribution in [2.75, 3.05) is 19.6 Å². The molecular weight excluding hydrogens is 279 g/mol. The van der Waals surface area contributed by atoms with Crippen LogP contribution in [-0.2, 0) is 11.6 Å². The monoisotopic (exact) mass is 299 g/mol. The van der Waals surface area contributed by atoms with E-state index in [1.807, 2.05) is 13.8 Å². The highest BCUT2D eigenvalue weighted by Crippen LogP contribution is 2.31. The molecule has 2 rings (SSSR count). The molecule has 0 unspecified atom stereocenters. The Morgan fingerprint density at radius 2 is 1.76 bits per heavy atom. The number of halogens is 3. The van der Waals surface area contributed by atoms with Gasteiger partial charge in [-0.1, -0.05) is 26.0 Å². The summed E-state index contributed by atoms with van der Waals surface area (Å²) in [6, 6.07) is 5.35. The molecule has 1 aliphatic heterocycles. The van der Waals surface area contributed by atoms with Crippen molar-refractivity contribution in [3.63, 3.8) is 0 Å². The maximum Gasteiger partial charge on any atom is 0.416 e. The predicted molar refractivity (Wildman–Crippen MR) is 77.4 cm³/mol. The van der Waals surface area contributed by atoms with E-state index in [0.717, 1.165) is 43.2 Å². The summed E-state index contributed by atoms with van der Waals surface area (Å²) in [7, 11) is 0. The van der Waals surface area contributed by atoms with E-state index < -0.39 is 11.7 Å². The average Bonchev–Trinajstić information content (AvgIpc) is 2.46. The molecule has 0 spiro atoms. The lowest BCUT2D eigenvalue weighted by atomic mass is 9.84. The van der Waals surface area contributed by atoms with E-state index in [4.69, 9.17) is 0 Å². The first-order valence-corrected chi connectivity index (χ1v) is 6.99. The molecule has 0 saturated carbocycles. The van der Waals surface area contributed by atoms with Crippen LogP contribution in [0.2, 0.25) is 0 Å². The predicted octanol–water partition coefficient (Wildman–Crippen LogP) is 2.92. The van der Waals surface area contributed by atoms with Gasteiger partial charge in [-0.3, -0.25) is 4.99 Å². The Balaban J connectivity index is 2.03. The molecule has 21 heavy (non-hydrogen) atoms. The molecule has 0 atom stereocenters. The Hall–Kier alpha value is -1.72. The highest BCUT2D eigenvalue weighted by atomic mass is 19.4. The van der Waals surface area contributed by atoms with Crippen molar-refractivity contribution in [1.29, 1.82) is 0 Å². The van der Waals surface area contributed by atoms with E-state index >= 15 is 0 Å². The first-order chi connectivity index (χ1) is 9.79. The molecule has 0 saturated heterocycles. The molecule has 0 aromatic heterocycles. The lowest BCUT2D eigenvalue weighted by Gasteiger charge is -2.28. The fourth-order valence-electron chi connectivity index (χ4n) is 2.17. The summed E-state index contributed by atoms with van der Waals surface area (Å²) in [4.78, 5) is 4.32. The molecular formula is C15H20F3N3. The second-order valence-electron chi connectivity index (χ2n) is 5.82. The van der Waals surface area contributed by atoms with Gasteiger partial charge in [0.1, 0.15) is 0 Å². The molecule has 1 aromatic carbocycles. The summed E-state index contributed by atoms with van der Waals surface area (Å²) >= 11 is 0. The molecule has 0 radical (unpaired) electrons. The summed E-state index contributed by atoms with van der Waals surface area (Å²) in [5, 5.41) is 6.38. The molecule has 0 amide bonds. The van der Waals surface area contributed by atoms with Crippen molar-refractivity contribution in [2.24, 2.45) is 4.99 Å². The van der Waals surface area contributed by atoms with E-state index in [9.17, 15) is 13.2 Å². The number of hydrogen-bond donors (Lipinski definition) is 2. The molecule has 0 aliphatic carbocycles. The van der Waals surface area contributed by atoms with Gasteiger partial charge in [0.25, 0.3) is 0 Å². The summed E-state index contributed by atoms with van der Waals surface area (Å²) in [5.74, 6) is 0.765. The van der Waals surface area contributed by atoms with E-state index in [-0.39, 0.29) is 5.41 Å². The SMILES string of the molecule is CC(C)(CNC1=NCCCN1)c1ccc(C(F)(F)F)cc1. The van der Waals surface area contributed by atoms with Crippen LogP contribution in [-0.4, -0.2) is 25.6 Å². The molecule has 3 nitrogen and oxygen atoms in total. The minimum absolute atomic E-state index is 0.286. The van der Waals surface area contributed by atoms with E-state index in [2.05, 4.69) is 15.6 Å².